The van der Waals surface area contributed by atoms with E-state index in [1.165, 1.54) is 5.56 Å². The molecule has 1 aromatic carbocycles. The summed E-state index contributed by atoms with van der Waals surface area (Å²) in [6.07, 6.45) is 0.970. The fraction of sp³-hybridized carbons (Fsp3) is 0.333. The lowest BCUT2D eigenvalue weighted by molar-refractivity contribution is -0.690. The molecule has 4 N–H and O–H groups in total. The average Bonchev–Trinajstić information content (AvgIpc) is 2.47. The highest BCUT2D eigenvalue weighted by Gasteiger charge is 2.30. The maximum Gasteiger partial charge on any atom is 0.265 e. The van der Waals surface area contributed by atoms with Crippen LogP contribution in [0.4, 0.5) is 0 Å². The summed E-state index contributed by atoms with van der Waals surface area (Å²) in [5, 5.41) is 12.6. The predicted octanol–water partition coefficient (Wildman–Crippen LogP) is 0.840. The standard InChI is InChI=1S/C15H17N3O2S/c1-2-18-14(20)11(13(19)17-15(18)21)12-10-6-4-3-5-9(10)7-8-16-12/h3-6,12,16,20H,2,7-8H2,1H3,(H,17,19,21)/p+1/t12-/m1/s1. The Morgan fingerprint density at radius 3 is 3.00 bits per heavy atom. The Labute approximate surface area is 127 Å². The van der Waals surface area contributed by atoms with Gasteiger partial charge < -0.3 is 10.4 Å². The average molecular weight is 304 g/mol. The number of nitrogens with two attached hydrogens (primary N) is 1. The molecule has 0 fully saturated rings. The first-order valence-corrected chi connectivity index (χ1v) is 7.51. The van der Waals surface area contributed by atoms with Crippen LogP contribution < -0.4 is 10.9 Å². The molecule has 0 aliphatic carbocycles. The summed E-state index contributed by atoms with van der Waals surface area (Å²) >= 11 is 5.10. The zero-order valence-electron chi connectivity index (χ0n) is 11.8. The fourth-order valence-corrected chi connectivity index (χ4v) is 3.33. The minimum absolute atomic E-state index is 0.0239. The normalized spacial score (nSPS) is 17.5. The number of hydrogen-bond donors (Lipinski definition) is 3. The van der Waals surface area contributed by atoms with E-state index in [4.69, 9.17) is 12.2 Å². The lowest BCUT2D eigenvalue weighted by Crippen LogP contribution is -2.87. The molecule has 1 atom stereocenters. The van der Waals surface area contributed by atoms with Crippen LogP contribution in [0, 0.1) is 4.77 Å². The van der Waals surface area contributed by atoms with Crippen molar-refractivity contribution in [2.45, 2.75) is 25.9 Å². The number of hydrogen-bond acceptors (Lipinski definition) is 3. The van der Waals surface area contributed by atoms with Crippen molar-refractivity contribution >= 4 is 12.2 Å². The van der Waals surface area contributed by atoms with Gasteiger partial charge in [0.1, 0.15) is 11.6 Å². The zero-order valence-corrected chi connectivity index (χ0v) is 12.6. The first-order valence-electron chi connectivity index (χ1n) is 7.10. The predicted molar refractivity (Wildman–Crippen MR) is 82.0 cm³/mol. The van der Waals surface area contributed by atoms with Crippen LogP contribution in [0.1, 0.15) is 29.7 Å². The van der Waals surface area contributed by atoms with Crippen molar-refractivity contribution in [3.05, 3.63) is 56.1 Å². The van der Waals surface area contributed by atoms with Gasteiger partial charge in [-0.05, 0) is 24.7 Å². The molecule has 1 aliphatic heterocycles. The van der Waals surface area contributed by atoms with Crippen LogP contribution >= 0.6 is 12.2 Å². The van der Waals surface area contributed by atoms with Crippen LogP contribution in [0.2, 0.25) is 0 Å². The Kier molecular flexibility index (Phi) is 3.65. The van der Waals surface area contributed by atoms with Crippen molar-refractivity contribution in [1.29, 1.82) is 0 Å². The number of nitrogens with one attached hydrogen (secondary N) is 1. The van der Waals surface area contributed by atoms with Gasteiger partial charge in [-0.15, -0.1) is 0 Å². The molecule has 2 heterocycles. The van der Waals surface area contributed by atoms with Crippen LogP contribution in [0.5, 0.6) is 5.88 Å². The largest absolute Gasteiger partial charge is 0.494 e. The number of aromatic hydroxyl groups is 1. The van der Waals surface area contributed by atoms with Gasteiger partial charge in [0.05, 0.1) is 6.54 Å². The molecule has 0 saturated heterocycles. The van der Waals surface area contributed by atoms with E-state index >= 15 is 0 Å². The first-order chi connectivity index (χ1) is 10.1. The molecular weight excluding hydrogens is 286 g/mol. The molecule has 3 rings (SSSR count). The first kappa shape index (κ1) is 14.0. The van der Waals surface area contributed by atoms with E-state index in [2.05, 4.69) is 16.4 Å². The van der Waals surface area contributed by atoms with Gasteiger partial charge in [0, 0.05) is 18.5 Å². The van der Waals surface area contributed by atoms with Crippen LogP contribution in [-0.4, -0.2) is 21.2 Å². The monoisotopic (exact) mass is 304 g/mol. The molecule has 0 bridgehead atoms. The molecule has 6 heteroatoms. The van der Waals surface area contributed by atoms with E-state index in [1.807, 2.05) is 25.1 Å². The van der Waals surface area contributed by atoms with E-state index < -0.39 is 0 Å². The smallest absolute Gasteiger partial charge is 0.265 e. The Morgan fingerprint density at radius 2 is 2.24 bits per heavy atom. The SMILES string of the molecule is CCn1c(O)c([C@@H]2[NH2+]CCc3ccccc32)c(=O)[nH]c1=S. The summed E-state index contributed by atoms with van der Waals surface area (Å²) in [6.45, 7) is 3.29. The van der Waals surface area contributed by atoms with Gasteiger partial charge in [-0.3, -0.25) is 14.3 Å². The summed E-state index contributed by atoms with van der Waals surface area (Å²) in [4.78, 5) is 15.0. The number of quaternary nitrogens is 1. The lowest BCUT2D eigenvalue weighted by atomic mass is 9.91. The molecule has 0 spiro atoms. The molecule has 0 unspecified atom stereocenters. The van der Waals surface area contributed by atoms with Crippen LogP contribution in [0.15, 0.2) is 29.1 Å². The third-order valence-electron chi connectivity index (χ3n) is 4.04. The Bertz CT molecular complexity index is 794. The number of H-pyrrole nitrogens is 1. The molecule has 0 radical (unpaired) electrons. The van der Waals surface area contributed by atoms with Crippen LogP contribution in [0.3, 0.4) is 0 Å². The van der Waals surface area contributed by atoms with Gasteiger partial charge in [-0.1, -0.05) is 24.3 Å². The zero-order chi connectivity index (χ0) is 15.0. The molecule has 5 nitrogen and oxygen atoms in total. The molecule has 1 aromatic heterocycles. The van der Waals surface area contributed by atoms with Gasteiger partial charge in [0.2, 0.25) is 5.88 Å². The van der Waals surface area contributed by atoms with Gasteiger partial charge >= 0.3 is 0 Å². The summed E-state index contributed by atoms with van der Waals surface area (Å²) < 4.78 is 1.81. The van der Waals surface area contributed by atoms with E-state index in [0.29, 0.717) is 12.1 Å². The highest BCUT2D eigenvalue weighted by atomic mass is 32.1. The minimum Gasteiger partial charge on any atom is -0.494 e. The third kappa shape index (κ3) is 2.30. The quantitative estimate of drug-likeness (QED) is 0.720. The third-order valence-corrected chi connectivity index (χ3v) is 4.36. The maximum atomic E-state index is 12.3. The Balaban J connectivity index is 2.23. The van der Waals surface area contributed by atoms with Gasteiger partial charge in [-0.2, -0.15) is 0 Å². The second-order valence-electron chi connectivity index (χ2n) is 5.19. The Hall–Kier alpha value is -1.92. The van der Waals surface area contributed by atoms with Crippen LogP contribution in [-0.2, 0) is 13.0 Å². The molecular formula is C15H18N3O2S+. The van der Waals surface area contributed by atoms with E-state index in [9.17, 15) is 9.90 Å². The second-order valence-corrected chi connectivity index (χ2v) is 5.58. The summed E-state index contributed by atoms with van der Waals surface area (Å²) in [5.41, 5.74) is 2.40. The summed E-state index contributed by atoms with van der Waals surface area (Å²) in [5.74, 6) is -0.0239. The number of nitrogens with zero attached hydrogens (tertiary/aromatic N) is 1. The number of benzene rings is 1. The van der Waals surface area contributed by atoms with Crippen molar-refractivity contribution in [1.82, 2.24) is 9.55 Å². The van der Waals surface area contributed by atoms with E-state index in [0.717, 1.165) is 18.5 Å². The summed E-state index contributed by atoms with van der Waals surface area (Å²) in [7, 11) is 0. The number of rotatable bonds is 2. The summed E-state index contributed by atoms with van der Waals surface area (Å²) in [6, 6.07) is 7.88. The highest BCUT2D eigenvalue weighted by molar-refractivity contribution is 7.71. The minimum atomic E-state index is -0.305. The van der Waals surface area contributed by atoms with Crippen molar-refractivity contribution in [3.63, 3.8) is 0 Å². The van der Waals surface area contributed by atoms with Crippen LogP contribution in [0.25, 0.3) is 0 Å². The topological polar surface area (TPSA) is 74.6 Å². The van der Waals surface area contributed by atoms with Gasteiger partial charge in [0.25, 0.3) is 5.56 Å². The molecule has 1 aliphatic rings. The van der Waals surface area contributed by atoms with E-state index in [1.54, 1.807) is 4.57 Å². The molecule has 110 valence electrons. The van der Waals surface area contributed by atoms with Crippen molar-refractivity contribution in [2.24, 2.45) is 0 Å². The molecule has 2 aromatic rings. The molecule has 0 saturated carbocycles. The maximum absolute atomic E-state index is 12.3. The number of aromatic nitrogens is 2. The molecule has 0 amide bonds. The lowest BCUT2D eigenvalue weighted by Gasteiger charge is -2.24. The van der Waals surface area contributed by atoms with Crippen molar-refractivity contribution in [2.75, 3.05) is 6.54 Å². The number of aromatic amines is 1. The van der Waals surface area contributed by atoms with E-state index in [-0.39, 0.29) is 22.3 Å². The number of fused-ring (bicyclic) bond motifs is 1. The van der Waals surface area contributed by atoms with Gasteiger partial charge in [-0.25, -0.2) is 0 Å². The Morgan fingerprint density at radius 1 is 1.48 bits per heavy atom. The second kappa shape index (κ2) is 5.46. The van der Waals surface area contributed by atoms with Crippen molar-refractivity contribution in [3.8, 4) is 5.88 Å². The van der Waals surface area contributed by atoms with Gasteiger partial charge in [0.15, 0.2) is 4.77 Å². The molecule has 21 heavy (non-hydrogen) atoms. The van der Waals surface area contributed by atoms with Crippen molar-refractivity contribution < 1.29 is 10.4 Å². The fourth-order valence-electron chi connectivity index (χ4n) is 3.02. The highest BCUT2D eigenvalue weighted by Crippen LogP contribution is 2.27.